The van der Waals surface area contributed by atoms with Gasteiger partial charge in [0, 0.05) is 31.1 Å². The van der Waals surface area contributed by atoms with Crippen molar-refractivity contribution in [3.05, 3.63) is 0 Å². The molecular formula is C15H27N3O2S. The normalized spacial score (nSPS) is 34.9. The predicted molar refractivity (Wildman–Crippen MR) is 86.1 cm³/mol. The van der Waals surface area contributed by atoms with Crippen molar-refractivity contribution < 1.29 is 9.59 Å². The molecule has 0 saturated carbocycles. The summed E-state index contributed by atoms with van der Waals surface area (Å²) in [4.78, 5) is 27.8. The van der Waals surface area contributed by atoms with Crippen molar-refractivity contribution in [3.8, 4) is 0 Å². The molecule has 6 heteroatoms. The number of fused-ring (bicyclic) bond motifs is 1. The first-order chi connectivity index (χ1) is 9.92. The van der Waals surface area contributed by atoms with Crippen LogP contribution in [-0.4, -0.2) is 59.0 Å². The summed E-state index contributed by atoms with van der Waals surface area (Å²) in [5.41, 5.74) is 0. The van der Waals surface area contributed by atoms with Crippen LogP contribution in [0.15, 0.2) is 0 Å². The highest BCUT2D eigenvalue weighted by Crippen LogP contribution is 2.40. The van der Waals surface area contributed by atoms with E-state index in [9.17, 15) is 9.59 Å². The minimum Gasteiger partial charge on any atom is -0.311 e. The summed E-state index contributed by atoms with van der Waals surface area (Å²) in [6.07, 6.45) is 1.99. The summed E-state index contributed by atoms with van der Waals surface area (Å²) in [7, 11) is 3.38. The molecule has 0 aliphatic carbocycles. The summed E-state index contributed by atoms with van der Waals surface area (Å²) < 4.78 is 0. The van der Waals surface area contributed by atoms with Crippen LogP contribution >= 0.6 is 11.8 Å². The summed E-state index contributed by atoms with van der Waals surface area (Å²) in [6, 6.07) is -0.212. The van der Waals surface area contributed by atoms with E-state index in [1.807, 2.05) is 11.8 Å². The van der Waals surface area contributed by atoms with E-state index in [4.69, 9.17) is 0 Å². The fourth-order valence-electron chi connectivity index (χ4n) is 3.25. The van der Waals surface area contributed by atoms with Gasteiger partial charge in [-0.2, -0.15) is 11.8 Å². The monoisotopic (exact) mass is 313 g/mol. The maximum absolute atomic E-state index is 12.7. The van der Waals surface area contributed by atoms with Crippen molar-refractivity contribution in [3.63, 3.8) is 0 Å². The van der Waals surface area contributed by atoms with Gasteiger partial charge in [0.25, 0.3) is 0 Å². The maximum Gasteiger partial charge on any atom is 0.327 e. The second-order valence-electron chi connectivity index (χ2n) is 6.16. The average Bonchev–Trinajstić information content (AvgIpc) is 2.50. The zero-order chi connectivity index (χ0) is 15.7. The lowest BCUT2D eigenvalue weighted by molar-refractivity contribution is -0.139. The van der Waals surface area contributed by atoms with Gasteiger partial charge in [0.05, 0.1) is 12.1 Å². The van der Waals surface area contributed by atoms with E-state index in [0.717, 1.165) is 19.4 Å². The fraction of sp³-hybridized carbons (Fsp3) is 0.867. The number of piperidine rings is 1. The first kappa shape index (κ1) is 16.6. The number of urea groups is 1. The molecule has 5 nitrogen and oxygen atoms in total. The zero-order valence-corrected chi connectivity index (χ0v) is 14.4. The number of rotatable bonds is 4. The van der Waals surface area contributed by atoms with Gasteiger partial charge in [-0.15, -0.1) is 0 Å². The first-order valence-corrected chi connectivity index (χ1v) is 8.79. The second-order valence-corrected chi connectivity index (χ2v) is 7.78. The van der Waals surface area contributed by atoms with Gasteiger partial charge < -0.3 is 4.90 Å². The summed E-state index contributed by atoms with van der Waals surface area (Å²) >= 11 is 1.92. The molecule has 0 radical (unpaired) electrons. The molecule has 2 heterocycles. The molecule has 0 aromatic carbocycles. The van der Waals surface area contributed by atoms with Crippen LogP contribution in [0.25, 0.3) is 0 Å². The lowest BCUT2D eigenvalue weighted by atomic mass is 9.83. The van der Waals surface area contributed by atoms with Crippen LogP contribution in [0.2, 0.25) is 0 Å². The quantitative estimate of drug-likeness (QED) is 0.862. The Bertz CT molecular complexity index is 418. The highest BCUT2D eigenvalue weighted by Gasteiger charge is 2.51. The minimum atomic E-state index is -0.212. The van der Waals surface area contributed by atoms with E-state index >= 15 is 0 Å². The maximum atomic E-state index is 12.7. The molecule has 0 spiro atoms. The number of hydrogen-bond acceptors (Lipinski definition) is 4. The van der Waals surface area contributed by atoms with Crippen LogP contribution in [-0.2, 0) is 4.79 Å². The average molecular weight is 313 g/mol. The molecule has 21 heavy (non-hydrogen) atoms. The molecule has 0 aromatic rings. The summed E-state index contributed by atoms with van der Waals surface area (Å²) in [5.74, 6) is 0.300. The van der Waals surface area contributed by atoms with Gasteiger partial charge in [-0.25, -0.2) is 4.79 Å². The van der Waals surface area contributed by atoms with E-state index in [1.165, 1.54) is 4.90 Å². The van der Waals surface area contributed by atoms with Crippen LogP contribution in [0.5, 0.6) is 0 Å². The van der Waals surface area contributed by atoms with Crippen LogP contribution in [0, 0.1) is 11.8 Å². The number of carbonyl (C=O) groups is 2. The minimum absolute atomic E-state index is 0.0328. The van der Waals surface area contributed by atoms with E-state index in [-0.39, 0.29) is 29.3 Å². The van der Waals surface area contributed by atoms with Crippen molar-refractivity contribution in [1.82, 2.24) is 15.1 Å². The smallest absolute Gasteiger partial charge is 0.311 e. The molecule has 2 saturated heterocycles. The van der Waals surface area contributed by atoms with Gasteiger partial charge in [-0.05, 0) is 12.3 Å². The lowest BCUT2D eigenvalue weighted by Crippen LogP contribution is -2.69. The molecular weight excluding hydrogens is 286 g/mol. The Hall–Kier alpha value is -0.750. The Kier molecular flexibility index (Phi) is 5.20. The Morgan fingerprint density at radius 1 is 1.33 bits per heavy atom. The Morgan fingerprint density at radius 3 is 2.57 bits per heavy atom. The van der Waals surface area contributed by atoms with Crippen LogP contribution in [0.4, 0.5) is 4.79 Å². The number of nitrogens with zero attached hydrogens (tertiary/aromatic N) is 2. The van der Waals surface area contributed by atoms with E-state index in [0.29, 0.717) is 11.2 Å². The van der Waals surface area contributed by atoms with Gasteiger partial charge in [0.1, 0.15) is 0 Å². The largest absolute Gasteiger partial charge is 0.327 e. The fourth-order valence-corrected chi connectivity index (χ4v) is 4.93. The first-order valence-electron chi connectivity index (χ1n) is 7.85. The third-order valence-electron chi connectivity index (χ3n) is 4.86. The Morgan fingerprint density at radius 2 is 2.00 bits per heavy atom. The SMILES string of the molecule is CCC(C)SC1C(CC)CNC2C1C(=O)N(C)C(=O)N2C. The van der Waals surface area contributed by atoms with Gasteiger partial charge in [-0.1, -0.05) is 27.2 Å². The third kappa shape index (κ3) is 2.93. The molecule has 120 valence electrons. The van der Waals surface area contributed by atoms with E-state index < -0.39 is 0 Å². The van der Waals surface area contributed by atoms with Crippen molar-refractivity contribution in [2.75, 3.05) is 20.6 Å². The number of hydrogen-bond donors (Lipinski definition) is 1. The molecule has 5 atom stereocenters. The summed E-state index contributed by atoms with van der Waals surface area (Å²) in [5, 5.41) is 4.23. The van der Waals surface area contributed by atoms with E-state index in [1.54, 1.807) is 19.0 Å². The number of carbonyl (C=O) groups excluding carboxylic acids is 2. The Labute approximate surface area is 131 Å². The molecule has 2 aliphatic rings. The van der Waals surface area contributed by atoms with Crippen molar-refractivity contribution in [2.45, 2.75) is 50.3 Å². The highest BCUT2D eigenvalue weighted by molar-refractivity contribution is 8.00. The van der Waals surface area contributed by atoms with Crippen molar-refractivity contribution in [2.24, 2.45) is 11.8 Å². The van der Waals surface area contributed by atoms with Gasteiger partial charge >= 0.3 is 6.03 Å². The summed E-state index contributed by atoms with van der Waals surface area (Å²) in [6.45, 7) is 7.46. The number of imide groups is 1. The van der Waals surface area contributed by atoms with E-state index in [2.05, 4.69) is 26.1 Å². The van der Waals surface area contributed by atoms with Crippen molar-refractivity contribution in [1.29, 1.82) is 0 Å². The standard InChI is InChI=1S/C15H27N3O2S/c1-6-9(3)21-12-10(7-2)8-16-13-11(12)14(19)18(5)15(20)17(13)4/h9-13,16H,6-8H2,1-5H3. The van der Waals surface area contributed by atoms with Gasteiger partial charge in [-0.3, -0.25) is 15.0 Å². The highest BCUT2D eigenvalue weighted by atomic mass is 32.2. The molecule has 2 aliphatic heterocycles. The molecule has 3 amide bonds. The Balaban J connectivity index is 2.30. The van der Waals surface area contributed by atoms with Crippen LogP contribution in [0.3, 0.4) is 0 Å². The van der Waals surface area contributed by atoms with Crippen LogP contribution in [0.1, 0.15) is 33.6 Å². The zero-order valence-electron chi connectivity index (χ0n) is 13.6. The molecule has 5 unspecified atom stereocenters. The molecule has 0 bridgehead atoms. The molecule has 1 N–H and O–H groups in total. The van der Waals surface area contributed by atoms with Crippen LogP contribution < -0.4 is 5.32 Å². The number of nitrogens with one attached hydrogen (secondary N) is 1. The number of thioether (sulfide) groups is 1. The van der Waals surface area contributed by atoms with Crippen molar-refractivity contribution >= 4 is 23.7 Å². The topological polar surface area (TPSA) is 52.7 Å². The molecule has 0 aromatic heterocycles. The second kappa shape index (κ2) is 6.57. The van der Waals surface area contributed by atoms with Gasteiger partial charge in [0.2, 0.25) is 5.91 Å². The molecule has 2 fully saturated rings. The molecule has 2 rings (SSSR count). The predicted octanol–water partition coefficient (Wildman–Crippen LogP) is 1.98. The number of amides is 3. The third-order valence-corrected chi connectivity index (χ3v) is 6.65. The lowest BCUT2D eigenvalue weighted by Gasteiger charge is -2.50. The van der Waals surface area contributed by atoms with Gasteiger partial charge in [0.15, 0.2) is 0 Å².